The molecule has 0 radical (unpaired) electrons. The van der Waals surface area contributed by atoms with Crippen LogP contribution in [0.4, 0.5) is 0 Å². The van der Waals surface area contributed by atoms with Crippen LogP contribution in [-0.2, 0) is 15.5 Å². The Kier molecular flexibility index (Phi) is 6.49. The van der Waals surface area contributed by atoms with E-state index in [1.54, 1.807) is 0 Å². The molecule has 1 atom stereocenters. The lowest BCUT2D eigenvalue weighted by molar-refractivity contribution is 0.142. The van der Waals surface area contributed by atoms with Crippen molar-refractivity contribution in [3.8, 4) is 0 Å². The van der Waals surface area contributed by atoms with Gasteiger partial charge in [0, 0.05) is 18.6 Å². The molecule has 0 aromatic heterocycles. The van der Waals surface area contributed by atoms with E-state index < -0.39 is 11.4 Å². The summed E-state index contributed by atoms with van der Waals surface area (Å²) in [5.74, 6) is 0. The van der Waals surface area contributed by atoms with Gasteiger partial charge in [0.25, 0.3) is 0 Å². The van der Waals surface area contributed by atoms with Crippen LogP contribution in [0.15, 0.2) is 0 Å². The Morgan fingerprint density at radius 3 is 2.08 bits per heavy atom. The van der Waals surface area contributed by atoms with Crippen molar-refractivity contribution in [1.82, 2.24) is 4.90 Å². The molecule has 0 aromatic rings. The number of rotatable bonds is 6. The fourth-order valence-electron chi connectivity index (χ4n) is 1.32. The zero-order chi connectivity index (χ0) is 10.4. The molecule has 0 N–H and O–H groups in total. The predicted octanol–water partition coefficient (Wildman–Crippen LogP) is 0.916. The first kappa shape index (κ1) is 13.0. The Morgan fingerprint density at radius 2 is 1.77 bits per heavy atom. The van der Waals surface area contributed by atoms with Crippen molar-refractivity contribution in [3.05, 3.63) is 0 Å². The Morgan fingerprint density at radius 1 is 1.31 bits per heavy atom. The predicted molar refractivity (Wildman–Crippen MR) is 51.8 cm³/mol. The number of hydrogen-bond donors (Lipinski definition) is 0. The fourth-order valence-corrected chi connectivity index (χ4v) is 1.53. The number of hydrogen-bond acceptors (Lipinski definition) is 4. The van der Waals surface area contributed by atoms with Gasteiger partial charge in [0.05, 0.1) is 18.0 Å². The maximum Gasteiger partial charge on any atom is 0.0842 e. The van der Waals surface area contributed by atoms with Gasteiger partial charge in [-0.3, -0.25) is 9.08 Å². The molecule has 0 saturated heterocycles. The van der Waals surface area contributed by atoms with Gasteiger partial charge in [-0.15, -0.1) is 0 Å². The Labute approximate surface area is 82.8 Å². The van der Waals surface area contributed by atoms with E-state index in [2.05, 4.69) is 36.8 Å². The van der Waals surface area contributed by atoms with E-state index in [9.17, 15) is 8.76 Å². The molecule has 0 aliphatic heterocycles. The van der Waals surface area contributed by atoms with E-state index in [1.807, 2.05) is 0 Å². The average Bonchev–Trinajstić information content (AvgIpc) is 1.95. The quantitative estimate of drug-likeness (QED) is 0.609. The molecule has 0 rings (SSSR count). The molecule has 0 aromatic carbocycles. The summed E-state index contributed by atoms with van der Waals surface area (Å²) in [4.78, 5) is 2.17. The monoisotopic (exact) mass is 208 g/mol. The van der Waals surface area contributed by atoms with Crippen molar-refractivity contribution in [1.29, 1.82) is 0 Å². The van der Waals surface area contributed by atoms with Crippen LogP contribution in [0.2, 0.25) is 0 Å². The minimum Gasteiger partial charge on any atom is -0.750 e. The van der Waals surface area contributed by atoms with Crippen LogP contribution in [0.25, 0.3) is 0 Å². The highest BCUT2D eigenvalue weighted by Crippen LogP contribution is 2.03. The minimum atomic E-state index is -2.39. The molecule has 13 heavy (non-hydrogen) atoms. The lowest BCUT2D eigenvalue weighted by Gasteiger charge is -2.30. The van der Waals surface area contributed by atoms with Crippen molar-refractivity contribution in [2.75, 3.05) is 13.2 Å². The standard InChI is InChI=1S/C8H19NO3S/c1-7(2)9(8(3)4)5-6-12-13(10)11/h7-8H,5-6H2,1-4H3,(H,10,11)/p-1. The maximum absolute atomic E-state index is 10.1. The van der Waals surface area contributed by atoms with E-state index >= 15 is 0 Å². The van der Waals surface area contributed by atoms with E-state index in [0.29, 0.717) is 18.6 Å². The van der Waals surface area contributed by atoms with Gasteiger partial charge in [0.2, 0.25) is 0 Å². The molecule has 0 spiro atoms. The van der Waals surface area contributed by atoms with E-state index in [1.165, 1.54) is 0 Å². The molecule has 0 aliphatic rings. The van der Waals surface area contributed by atoms with Crippen LogP contribution in [0.1, 0.15) is 27.7 Å². The van der Waals surface area contributed by atoms with Gasteiger partial charge in [-0.2, -0.15) is 0 Å². The zero-order valence-corrected chi connectivity index (χ0v) is 9.47. The van der Waals surface area contributed by atoms with E-state index in [0.717, 1.165) is 0 Å². The summed E-state index contributed by atoms with van der Waals surface area (Å²) >= 11 is -2.39. The summed E-state index contributed by atoms with van der Waals surface area (Å²) in [7, 11) is 0. The largest absolute Gasteiger partial charge is 0.750 e. The van der Waals surface area contributed by atoms with Gasteiger partial charge in [0.15, 0.2) is 0 Å². The second-order valence-electron chi connectivity index (χ2n) is 3.45. The van der Waals surface area contributed by atoms with Crippen LogP contribution >= 0.6 is 0 Å². The molecule has 0 heterocycles. The molecule has 1 unspecified atom stereocenters. The Hall–Kier alpha value is 0.0300. The maximum atomic E-state index is 10.1. The van der Waals surface area contributed by atoms with Gasteiger partial charge in [-0.25, -0.2) is 4.21 Å². The lowest BCUT2D eigenvalue weighted by atomic mass is 10.2. The molecular weight excluding hydrogens is 190 g/mol. The Bertz CT molecular complexity index is 153. The van der Waals surface area contributed by atoms with E-state index in [-0.39, 0.29) is 6.61 Å². The summed E-state index contributed by atoms with van der Waals surface area (Å²) in [6.07, 6.45) is 0. The second kappa shape index (κ2) is 6.48. The highest BCUT2D eigenvalue weighted by Gasteiger charge is 2.12. The van der Waals surface area contributed by atoms with Gasteiger partial charge < -0.3 is 4.55 Å². The highest BCUT2D eigenvalue weighted by atomic mass is 32.2. The molecule has 0 bridgehead atoms. The number of nitrogens with zero attached hydrogens (tertiary/aromatic N) is 1. The first-order valence-electron chi connectivity index (χ1n) is 4.43. The molecule has 80 valence electrons. The molecule has 0 amide bonds. The first-order valence-corrected chi connectivity index (χ1v) is 5.43. The molecule has 0 saturated carbocycles. The van der Waals surface area contributed by atoms with Gasteiger partial charge in [-0.05, 0) is 27.7 Å². The first-order chi connectivity index (χ1) is 5.95. The SMILES string of the molecule is CC(C)N(CCOS(=O)[O-])C(C)C. The van der Waals surface area contributed by atoms with Crippen LogP contribution in [-0.4, -0.2) is 38.9 Å². The van der Waals surface area contributed by atoms with Crippen molar-refractivity contribution < 1.29 is 12.9 Å². The molecule has 0 fully saturated rings. The third-order valence-electron chi connectivity index (χ3n) is 1.86. The van der Waals surface area contributed by atoms with Crippen molar-refractivity contribution in [2.24, 2.45) is 0 Å². The van der Waals surface area contributed by atoms with Crippen molar-refractivity contribution in [3.63, 3.8) is 0 Å². The van der Waals surface area contributed by atoms with Crippen LogP contribution < -0.4 is 0 Å². The second-order valence-corrected chi connectivity index (χ2v) is 4.10. The van der Waals surface area contributed by atoms with Crippen molar-refractivity contribution >= 4 is 11.4 Å². The minimum absolute atomic E-state index is 0.229. The van der Waals surface area contributed by atoms with Crippen molar-refractivity contribution in [2.45, 2.75) is 39.8 Å². The summed E-state index contributed by atoms with van der Waals surface area (Å²) in [6.45, 7) is 9.18. The fraction of sp³-hybridized carbons (Fsp3) is 1.00. The smallest absolute Gasteiger partial charge is 0.0842 e. The summed E-state index contributed by atoms with van der Waals surface area (Å²) in [6, 6.07) is 0.812. The summed E-state index contributed by atoms with van der Waals surface area (Å²) in [5.41, 5.74) is 0. The third kappa shape index (κ3) is 6.15. The van der Waals surface area contributed by atoms with Gasteiger partial charge in [-0.1, -0.05) is 0 Å². The van der Waals surface area contributed by atoms with Crippen LogP contribution in [0.3, 0.4) is 0 Å². The van der Waals surface area contributed by atoms with Gasteiger partial charge >= 0.3 is 0 Å². The topological polar surface area (TPSA) is 52.6 Å². The van der Waals surface area contributed by atoms with Crippen LogP contribution in [0.5, 0.6) is 0 Å². The van der Waals surface area contributed by atoms with Crippen LogP contribution in [0, 0.1) is 0 Å². The summed E-state index contributed by atoms with van der Waals surface area (Å²) < 4.78 is 24.6. The summed E-state index contributed by atoms with van der Waals surface area (Å²) in [5, 5.41) is 0. The lowest BCUT2D eigenvalue weighted by Crippen LogP contribution is -2.39. The molecule has 0 aliphatic carbocycles. The molecule has 5 heteroatoms. The zero-order valence-electron chi connectivity index (χ0n) is 8.65. The molecule has 4 nitrogen and oxygen atoms in total. The highest BCUT2D eigenvalue weighted by molar-refractivity contribution is 7.74. The third-order valence-corrected chi connectivity index (χ3v) is 2.21. The average molecular weight is 208 g/mol. The normalized spacial score (nSPS) is 14.5. The van der Waals surface area contributed by atoms with Gasteiger partial charge in [0.1, 0.15) is 0 Å². The molecular formula is C8H18NO3S-. The Balaban J connectivity index is 3.77. The van der Waals surface area contributed by atoms with E-state index in [4.69, 9.17) is 0 Å².